The molecule has 0 saturated carbocycles. The van der Waals surface area contributed by atoms with Crippen molar-refractivity contribution < 1.29 is 17.9 Å². The Morgan fingerprint density at radius 3 is 2.74 bits per heavy atom. The number of benzene rings is 1. The number of alkyl halides is 3. The van der Waals surface area contributed by atoms with Crippen molar-refractivity contribution in [2.45, 2.75) is 32.0 Å². The number of aryl methyl sites for hydroxylation is 1. The van der Waals surface area contributed by atoms with Crippen molar-refractivity contribution in [3.63, 3.8) is 0 Å². The van der Waals surface area contributed by atoms with Gasteiger partial charge in [-0.05, 0) is 38.0 Å². The van der Waals surface area contributed by atoms with E-state index in [0.29, 0.717) is 11.2 Å². The summed E-state index contributed by atoms with van der Waals surface area (Å²) in [6.45, 7) is 3.43. The molecule has 0 radical (unpaired) electrons. The Morgan fingerprint density at radius 2 is 2.04 bits per heavy atom. The fraction of sp³-hybridized carbons (Fsp3) is 0.471. The number of hydrogen-bond donors (Lipinski definition) is 0. The van der Waals surface area contributed by atoms with Gasteiger partial charge in [0, 0.05) is 37.0 Å². The maximum atomic E-state index is 12.9. The molecule has 3 rings (SSSR count). The molecule has 23 heavy (non-hydrogen) atoms. The van der Waals surface area contributed by atoms with Crippen LogP contribution in [0.1, 0.15) is 24.1 Å². The van der Waals surface area contributed by atoms with Crippen LogP contribution < -0.4 is 4.90 Å². The quantitative estimate of drug-likeness (QED) is 0.829. The average Bonchev–Trinajstić information content (AvgIpc) is 2.52. The number of rotatable bonds is 2. The Balaban J connectivity index is 2.06. The minimum atomic E-state index is -4.36. The van der Waals surface area contributed by atoms with Crippen LogP contribution in [0.2, 0.25) is 0 Å². The van der Waals surface area contributed by atoms with Gasteiger partial charge in [-0.2, -0.15) is 13.2 Å². The number of piperidine rings is 1. The van der Waals surface area contributed by atoms with Crippen molar-refractivity contribution in [1.82, 2.24) is 4.98 Å². The third kappa shape index (κ3) is 3.27. The van der Waals surface area contributed by atoms with Crippen LogP contribution in [0.3, 0.4) is 0 Å². The molecular weight excluding hydrogens is 305 g/mol. The van der Waals surface area contributed by atoms with Crippen molar-refractivity contribution >= 4 is 16.6 Å². The lowest BCUT2D eigenvalue weighted by Crippen LogP contribution is -2.39. The molecule has 2 heterocycles. The molecule has 0 spiro atoms. The first-order valence-electron chi connectivity index (χ1n) is 7.65. The minimum absolute atomic E-state index is 0.154. The predicted molar refractivity (Wildman–Crippen MR) is 83.7 cm³/mol. The fourth-order valence-corrected chi connectivity index (χ4v) is 3.13. The van der Waals surface area contributed by atoms with E-state index < -0.39 is 11.7 Å². The second-order valence-corrected chi connectivity index (χ2v) is 5.96. The number of fused-ring (bicyclic) bond motifs is 1. The van der Waals surface area contributed by atoms with Gasteiger partial charge in [0.2, 0.25) is 0 Å². The van der Waals surface area contributed by atoms with Crippen LogP contribution in [0.4, 0.5) is 18.9 Å². The number of methoxy groups -OCH3 is 1. The van der Waals surface area contributed by atoms with Crippen molar-refractivity contribution in [2.24, 2.45) is 0 Å². The molecule has 1 fully saturated rings. The van der Waals surface area contributed by atoms with Crippen LogP contribution in [-0.2, 0) is 10.9 Å². The van der Waals surface area contributed by atoms with Gasteiger partial charge in [-0.1, -0.05) is 6.07 Å². The molecular formula is C17H19F3N2O. The highest BCUT2D eigenvalue weighted by Crippen LogP contribution is 2.35. The number of hydrogen-bond acceptors (Lipinski definition) is 3. The van der Waals surface area contributed by atoms with E-state index in [-0.39, 0.29) is 6.10 Å². The Kier molecular flexibility index (Phi) is 4.19. The summed E-state index contributed by atoms with van der Waals surface area (Å²) in [4.78, 5) is 6.47. The van der Waals surface area contributed by atoms with E-state index in [1.54, 1.807) is 14.0 Å². The van der Waals surface area contributed by atoms with Crippen molar-refractivity contribution in [1.29, 1.82) is 0 Å². The molecule has 124 valence electrons. The maximum absolute atomic E-state index is 12.9. The van der Waals surface area contributed by atoms with Gasteiger partial charge >= 0.3 is 6.18 Å². The van der Waals surface area contributed by atoms with Gasteiger partial charge in [0.25, 0.3) is 0 Å². The lowest BCUT2D eigenvalue weighted by Gasteiger charge is -2.34. The third-order valence-electron chi connectivity index (χ3n) is 4.30. The van der Waals surface area contributed by atoms with Gasteiger partial charge in [-0.3, -0.25) is 4.98 Å². The van der Waals surface area contributed by atoms with Gasteiger partial charge in [0.05, 0.1) is 17.2 Å². The summed E-state index contributed by atoms with van der Waals surface area (Å²) in [5, 5.41) is 0.750. The lowest BCUT2D eigenvalue weighted by atomic mass is 10.0. The number of pyridine rings is 1. The molecule has 2 aromatic rings. The molecule has 0 N–H and O–H groups in total. The first kappa shape index (κ1) is 16.1. The van der Waals surface area contributed by atoms with Crippen LogP contribution in [0.25, 0.3) is 10.9 Å². The number of halogens is 3. The van der Waals surface area contributed by atoms with E-state index in [0.717, 1.165) is 49.1 Å². The Morgan fingerprint density at radius 1 is 1.26 bits per heavy atom. The molecule has 3 nitrogen and oxygen atoms in total. The molecule has 0 bridgehead atoms. The molecule has 1 aromatic heterocycles. The number of anilines is 1. The minimum Gasteiger partial charge on any atom is -0.380 e. The van der Waals surface area contributed by atoms with Crippen LogP contribution >= 0.6 is 0 Å². The van der Waals surface area contributed by atoms with Crippen LogP contribution in [0.5, 0.6) is 0 Å². The Hall–Kier alpha value is -1.82. The lowest BCUT2D eigenvalue weighted by molar-refractivity contribution is -0.137. The summed E-state index contributed by atoms with van der Waals surface area (Å²) in [6.07, 6.45) is -2.19. The molecule has 1 atom stereocenters. The number of ether oxygens (including phenoxy) is 1. The summed E-state index contributed by atoms with van der Waals surface area (Å²) < 4.78 is 44.2. The smallest absolute Gasteiger partial charge is 0.380 e. The number of aromatic nitrogens is 1. The second kappa shape index (κ2) is 6.00. The summed E-state index contributed by atoms with van der Waals surface area (Å²) >= 11 is 0. The summed E-state index contributed by atoms with van der Waals surface area (Å²) in [5.74, 6) is 0. The predicted octanol–water partition coefficient (Wildman–Crippen LogP) is 4.18. The SMILES string of the molecule is COC1CCCN(c2cc(C)nc3cc(C(F)(F)F)ccc23)C1. The maximum Gasteiger partial charge on any atom is 0.416 e. The van der Waals surface area contributed by atoms with Gasteiger partial charge < -0.3 is 9.64 Å². The standard InChI is InChI=1S/C17H19F3N2O/c1-11-8-16(22-7-3-4-13(10-22)23-2)14-6-5-12(17(18,19)20)9-15(14)21-11/h5-6,8-9,13H,3-4,7,10H2,1-2H3. The normalized spacial score (nSPS) is 19.3. The molecule has 1 saturated heterocycles. The van der Waals surface area contributed by atoms with E-state index in [9.17, 15) is 13.2 Å². The molecule has 1 unspecified atom stereocenters. The van der Waals surface area contributed by atoms with E-state index in [1.165, 1.54) is 6.07 Å². The summed E-state index contributed by atoms with van der Waals surface area (Å²) in [7, 11) is 1.69. The molecule has 1 aromatic carbocycles. The zero-order valence-electron chi connectivity index (χ0n) is 13.2. The third-order valence-corrected chi connectivity index (χ3v) is 4.30. The Labute approximate surface area is 133 Å². The van der Waals surface area contributed by atoms with Gasteiger partial charge in [-0.25, -0.2) is 0 Å². The summed E-state index contributed by atoms with van der Waals surface area (Å²) in [5.41, 5.74) is 1.37. The highest BCUT2D eigenvalue weighted by atomic mass is 19.4. The molecule has 0 aliphatic carbocycles. The molecule has 1 aliphatic rings. The second-order valence-electron chi connectivity index (χ2n) is 5.96. The van der Waals surface area contributed by atoms with Crippen LogP contribution in [-0.4, -0.2) is 31.3 Å². The average molecular weight is 324 g/mol. The highest BCUT2D eigenvalue weighted by molar-refractivity contribution is 5.92. The van der Waals surface area contributed by atoms with Gasteiger partial charge in [-0.15, -0.1) is 0 Å². The fourth-order valence-electron chi connectivity index (χ4n) is 3.13. The first-order chi connectivity index (χ1) is 10.9. The zero-order chi connectivity index (χ0) is 16.6. The van der Waals surface area contributed by atoms with E-state index in [1.807, 2.05) is 6.07 Å². The van der Waals surface area contributed by atoms with Crippen LogP contribution in [0.15, 0.2) is 24.3 Å². The largest absolute Gasteiger partial charge is 0.416 e. The van der Waals surface area contributed by atoms with Crippen molar-refractivity contribution in [3.8, 4) is 0 Å². The van der Waals surface area contributed by atoms with Gasteiger partial charge in [0.1, 0.15) is 0 Å². The Bertz CT molecular complexity index is 715. The molecule has 0 amide bonds. The van der Waals surface area contributed by atoms with E-state index >= 15 is 0 Å². The van der Waals surface area contributed by atoms with Gasteiger partial charge in [0.15, 0.2) is 0 Å². The highest BCUT2D eigenvalue weighted by Gasteiger charge is 2.31. The van der Waals surface area contributed by atoms with Crippen molar-refractivity contribution in [2.75, 3.05) is 25.1 Å². The zero-order valence-corrected chi connectivity index (χ0v) is 13.2. The van der Waals surface area contributed by atoms with E-state index in [2.05, 4.69) is 9.88 Å². The summed E-state index contributed by atoms with van der Waals surface area (Å²) in [6, 6.07) is 5.72. The molecule has 6 heteroatoms. The number of nitrogens with zero attached hydrogens (tertiary/aromatic N) is 2. The molecule has 1 aliphatic heterocycles. The van der Waals surface area contributed by atoms with Crippen LogP contribution in [0, 0.1) is 6.92 Å². The first-order valence-corrected chi connectivity index (χ1v) is 7.65. The van der Waals surface area contributed by atoms with Crippen molar-refractivity contribution in [3.05, 3.63) is 35.5 Å². The monoisotopic (exact) mass is 324 g/mol. The van der Waals surface area contributed by atoms with E-state index in [4.69, 9.17) is 4.74 Å². The topological polar surface area (TPSA) is 25.4 Å².